The Morgan fingerprint density at radius 2 is 1.85 bits per heavy atom. The van der Waals surface area contributed by atoms with Gasteiger partial charge in [-0.15, -0.1) is 0 Å². The smallest absolute Gasteiger partial charge is 0.357 e. The summed E-state index contributed by atoms with van der Waals surface area (Å²) in [6.07, 6.45) is 2.48. The average molecular weight is 204 g/mol. The van der Waals surface area contributed by atoms with Crippen molar-refractivity contribution >= 4 is 22.0 Å². The van der Waals surface area contributed by atoms with Crippen LogP contribution in [0.15, 0.2) is 24.0 Å². The van der Waals surface area contributed by atoms with Crippen molar-refractivity contribution < 1.29 is 26.7 Å². The zero-order valence-corrected chi connectivity index (χ0v) is 6.95. The first kappa shape index (κ1) is 9.62. The molecule has 0 aromatic carbocycles. The summed E-state index contributed by atoms with van der Waals surface area (Å²) < 4.78 is 32.3. The summed E-state index contributed by atoms with van der Waals surface area (Å²) in [5, 5.41) is 0. The maximum absolute atomic E-state index is 10.8. The summed E-state index contributed by atoms with van der Waals surface area (Å²) in [7, 11) is -4.76. The van der Waals surface area contributed by atoms with Crippen LogP contribution < -0.4 is 0 Å². The summed E-state index contributed by atoms with van der Waals surface area (Å²) in [5.41, 5.74) is 0. The van der Waals surface area contributed by atoms with Gasteiger partial charge in [0, 0.05) is 6.08 Å². The fraction of sp³-hybridized carbons (Fsp3) is 0. The lowest BCUT2D eigenvalue weighted by Crippen LogP contribution is -2.14. The zero-order valence-electron chi connectivity index (χ0n) is 6.13. The summed E-state index contributed by atoms with van der Waals surface area (Å²) in [6, 6.07) is 0. The molecule has 0 heterocycles. The Kier molecular flexibility index (Phi) is 2.30. The topological polar surface area (TPSA) is 97.7 Å². The van der Waals surface area contributed by atoms with E-state index in [-0.39, 0.29) is 0 Å². The monoisotopic (exact) mass is 204 g/mol. The van der Waals surface area contributed by atoms with Crippen LogP contribution in [0.5, 0.6) is 0 Å². The van der Waals surface area contributed by atoms with E-state index in [0.29, 0.717) is 6.08 Å². The minimum atomic E-state index is -4.76. The first-order valence-corrected chi connectivity index (χ1v) is 4.40. The van der Waals surface area contributed by atoms with Crippen LogP contribution in [0.4, 0.5) is 0 Å². The molecule has 1 rings (SSSR count). The van der Waals surface area contributed by atoms with E-state index >= 15 is 0 Å². The van der Waals surface area contributed by atoms with Gasteiger partial charge in [-0.05, 0) is 12.2 Å². The van der Waals surface area contributed by atoms with Gasteiger partial charge in [0.1, 0.15) is 0 Å². The largest absolute Gasteiger partial charge is 0.446 e. The first-order chi connectivity index (χ1) is 5.88. The Labute approximate surface area is 73.5 Å². The molecule has 0 radical (unpaired) electrons. The van der Waals surface area contributed by atoms with Crippen molar-refractivity contribution in [2.75, 3.05) is 0 Å². The molecule has 0 aliphatic heterocycles. The molecule has 6 nitrogen and oxygen atoms in total. The van der Waals surface area contributed by atoms with Gasteiger partial charge in [0.25, 0.3) is 0 Å². The second kappa shape index (κ2) is 3.11. The number of hydrogen-bond donors (Lipinski definition) is 1. The van der Waals surface area contributed by atoms with Crippen molar-refractivity contribution in [2.24, 2.45) is 0 Å². The number of rotatable bonds is 2. The second-order valence-corrected chi connectivity index (χ2v) is 3.14. The Hall–Kier alpha value is -1.47. The molecule has 1 aliphatic rings. The van der Waals surface area contributed by atoms with E-state index in [1.807, 2.05) is 0 Å². The maximum atomic E-state index is 10.8. The fourth-order valence-electron chi connectivity index (χ4n) is 0.667. The van der Waals surface area contributed by atoms with Gasteiger partial charge in [0.2, 0.25) is 5.78 Å². The third kappa shape index (κ3) is 2.80. The molecule has 13 heavy (non-hydrogen) atoms. The molecular weight excluding hydrogens is 200 g/mol. The van der Waals surface area contributed by atoms with Crippen molar-refractivity contribution in [3.63, 3.8) is 0 Å². The summed E-state index contributed by atoms with van der Waals surface area (Å²) in [5.74, 6) is -2.09. The lowest BCUT2D eigenvalue weighted by Gasteiger charge is -2.04. The van der Waals surface area contributed by atoms with E-state index < -0.39 is 27.7 Å². The van der Waals surface area contributed by atoms with Crippen molar-refractivity contribution in [2.45, 2.75) is 0 Å². The highest BCUT2D eigenvalue weighted by Crippen LogP contribution is 2.09. The van der Waals surface area contributed by atoms with Crippen molar-refractivity contribution in [3.8, 4) is 0 Å². The molecule has 1 aliphatic carbocycles. The van der Waals surface area contributed by atoms with Gasteiger partial charge in [-0.2, -0.15) is 8.42 Å². The van der Waals surface area contributed by atoms with E-state index in [2.05, 4.69) is 4.18 Å². The predicted molar refractivity (Wildman–Crippen MR) is 39.9 cm³/mol. The normalized spacial score (nSPS) is 17.2. The van der Waals surface area contributed by atoms with Gasteiger partial charge < -0.3 is 4.18 Å². The maximum Gasteiger partial charge on any atom is 0.446 e. The second-order valence-electron chi connectivity index (χ2n) is 2.12. The van der Waals surface area contributed by atoms with E-state index in [1.165, 1.54) is 0 Å². The van der Waals surface area contributed by atoms with Gasteiger partial charge in [0.05, 0.1) is 0 Å². The number of ketones is 2. The van der Waals surface area contributed by atoms with Crippen molar-refractivity contribution in [3.05, 3.63) is 24.0 Å². The van der Waals surface area contributed by atoms with Crippen LogP contribution in [0.2, 0.25) is 0 Å². The van der Waals surface area contributed by atoms with Crippen molar-refractivity contribution in [1.29, 1.82) is 0 Å². The molecule has 0 spiro atoms. The lowest BCUT2D eigenvalue weighted by molar-refractivity contribution is -0.116. The molecule has 0 aromatic rings. The van der Waals surface area contributed by atoms with Gasteiger partial charge in [-0.25, -0.2) is 0 Å². The molecule has 0 saturated heterocycles. The number of allylic oxidation sites excluding steroid dienone is 3. The molecule has 70 valence electrons. The van der Waals surface area contributed by atoms with Gasteiger partial charge >= 0.3 is 10.4 Å². The van der Waals surface area contributed by atoms with Gasteiger partial charge in [-0.1, -0.05) is 0 Å². The molecule has 0 fully saturated rings. The van der Waals surface area contributed by atoms with Crippen LogP contribution in [0.25, 0.3) is 0 Å². The highest BCUT2D eigenvalue weighted by atomic mass is 32.3. The van der Waals surface area contributed by atoms with E-state index in [4.69, 9.17) is 4.55 Å². The SMILES string of the molecule is O=C1C=CC(=O)C(OS(=O)(=O)O)=C1. The minimum absolute atomic E-state index is 0.585. The number of hydrogen-bond acceptors (Lipinski definition) is 5. The Morgan fingerprint density at radius 1 is 1.23 bits per heavy atom. The number of carbonyl (C=O) groups is 2. The molecule has 0 saturated carbocycles. The van der Waals surface area contributed by atoms with Gasteiger partial charge in [-0.3, -0.25) is 14.1 Å². The minimum Gasteiger partial charge on any atom is -0.357 e. The van der Waals surface area contributed by atoms with Crippen LogP contribution in [-0.2, 0) is 24.2 Å². The molecule has 0 aromatic heterocycles. The molecule has 7 heteroatoms. The molecule has 0 amide bonds. The fourth-order valence-corrected chi connectivity index (χ4v) is 1.02. The first-order valence-electron chi connectivity index (χ1n) is 3.03. The highest BCUT2D eigenvalue weighted by molar-refractivity contribution is 7.81. The summed E-state index contributed by atoms with van der Waals surface area (Å²) in [6.45, 7) is 0. The lowest BCUT2D eigenvalue weighted by atomic mass is 10.1. The Balaban J connectivity index is 2.93. The van der Waals surface area contributed by atoms with Crippen LogP contribution in [0.1, 0.15) is 0 Å². The molecule has 0 unspecified atom stereocenters. The highest BCUT2D eigenvalue weighted by Gasteiger charge is 2.19. The molecule has 1 N–H and O–H groups in total. The van der Waals surface area contributed by atoms with Crippen LogP contribution in [-0.4, -0.2) is 24.5 Å². The van der Waals surface area contributed by atoms with E-state index in [9.17, 15) is 18.0 Å². The Morgan fingerprint density at radius 3 is 2.38 bits per heavy atom. The standard InChI is InChI=1S/C6H4O6S/c7-4-1-2-5(8)6(3-4)12-13(9,10)11/h1-3H,(H,9,10,11). The summed E-state index contributed by atoms with van der Waals surface area (Å²) in [4.78, 5) is 21.4. The third-order valence-corrected chi connectivity index (χ3v) is 1.50. The number of carbonyl (C=O) groups excluding carboxylic acids is 2. The van der Waals surface area contributed by atoms with E-state index in [1.54, 1.807) is 0 Å². The quantitative estimate of drug-likeness (QED) is 0.476. The molecular formula is C6H4O6S. The van der Waals surface area contributed by atoms with Crippen LogP contribution >= 0.6 is 0 Å². The van der Waals surface area contributed by atoms with Gasteiger partial charge in [0.15, 0.2) is 11.5 Å². The van der Waals surface area contributed by atoms with Crippen molar-refractivity contribution in [1.82, 2.24) is 0 Å². The molecule has 0 atom stereocenters. The average Bonchev–Trinajstić information content (AvgIpc) is 1.94. The third-order valence-electron chi connectivity index (χ3n) is 1.11. The van der Waals surface area contributed by atoms with Crippen LogP contribution in [0.3, 0.4) is 0 Å². The zero-order chi connectivity index (χ0) is 10.1. The summed E-state index contributed by atoms with van der Waals surface area (Å²) >= 11 is 0. The molecule has 0 bridgehead atoms. The predicted octanol–water partition coefficient (Wildman–Crippen LogP) is -0.602. The van der Waals surface area contributed by atoms with Crippen LogP contribution in [0, 0.1) is 0 Å². The Bertz CT molecular complexity index is 412. The van der Waals surface area contributed by atoms with E-state index in [0.717, 1.165) is 12.2 Å².